The zero-order valence-electron chi connectivity index (χ0n) is 19.7. The SMILES string of the molecule is CN(Cc1ccc(N2CCCCC2)cc1)C(=O)c1ccc(S(=O)(=O)N(C)c2ccccc2)cc1. The van der Waals surface area contributed by atoms with E-state index in [2.05, 4.69) is 29.2 Å². The van der Waals surface area contributed by atoms with Crippen LogP contribution in [0, 0.1) is 0 Å². The fourth-order valence-electron chi connectivity index (χ4n) is 4.23. The summed E-state index contributed by atoms with van der Waals surface area (Å²) in [6.07, 6.45) is 3.78. The third-order valence-corrected chi connectivity index (χ3v) is 8.10. The zero-order valence-corrected chi connectivity index (χ0v) is 20.5. The summed E-state index contributed by atoms with van der Waals surface area (Å²) in [4.78, 5) is 17.1. The molecule has 34 heavy (non-hydrogen) atoms. The molecule has 0 aromatic heterocycles. The lowest BCUT2D eigenvalue weighted by molar-refractivity contribution is 0.0785. The van der Waals surface area contributed by atoms with Gasteiger partial charge < -0.3 is 9.80 Å². The van der Waals surface area contributed by atoms with E-state index in [0.717, 1.165) is 18.7 Å². The first-order valence-corrected chi connectivity index (χ1v) is 13.0. The Kier molecular flexibility index (Phi) is 7.22. The van der Waals surface area contributed by atoms with Gasteiger partial charge in [0, 0.05) is 45.0 Å². The fourth-order valence-corrected chi connectivity index (χ4v) is 5.43. The largest absolute Gasteiger partial charge is 0.372 e. The molecule has 4 rings (SSSR count). The van der Waals surface area contributed by atoms with Crippen molar-refractivity contribution in [3.8, 4) is 0 Å². The lowest BCUT2D eigenvalue weighted by Gasteiger charge is -2.29. The summed E-state index contributed by atoms with van der Waals surface area (Å²) in [6.45, 7) is 2.69. The molecular weight excluding hydrogens is 446 g/mol. The smallest absolute Gasteiger partial charge is 0.264 e. The molecule has 6 nitrogen and oxygen atoms in total. The first-order chi connectivity index (χ1) is 16.4. The molecular formula is C27H31N3O3S. The van der Waals surface area contributed by atoms with Gasteiger partial charge in [0.25, 0.3) is 15.9 Å². The Balaban J connectivity index is 1.41. The molecule has 0 spiro atoms. The molecule has 1 fully saturated rings. The molecule has 3 aromatic carbocycles. The average molecular weight is 478 g/mol. The van der Waals surface area contributed by atoms with Crippen molar-refractivity contribution in [2.24, 2.45) is 0 Å². The molecule has 1 aliphatic rings. The van der Waals surface area contributed by atoms with Gasteiger partial charge in [-0.1, -0.05) is 30.3 Å². The summed E-state index contributed by atoms with van der Waals surface area (Å²) in [5.41, 5.74) is 3.32. The number of para-hydroxylation sites is 1. The summed E-state index contributed by atoms with van der Waals surface area (Å²) < 4.78 is 27.2. The van der Waals surface area contributed by atoms with Crippen molar-refractivity contribution in [1.29, 1.82) is 0 Å². The number of nitrogens with zero attached hydrogens (tertiary/aromatic N) is 3. The van der Waals surface area contributed by atoms with Crippen LogP contribution in [-0.4, -0.2) is 46.4 Å². The zero-order chi connectivity index (χ0) is 24.1. The summed E-state index contributed by atoms with van der Waals surface area (Å²) in [5.74, 6) is -0.152. The van der Waals surface area contributed by atoms with Gasteiger partial charge in [-0.2, -0.15) is 0 Å². The minimum absolute atomic E-state index is 0.145. The maximum absolute atomic E-state index is 13.0. The molecule has 0 saturated carbocycles. The highest BCUT2D eigenvalue weighted by atomic mass is 32.2. The van der Waals surface area contributed by atoms with Crippen LogP contribution in [0.25, 0.3) is 0 Å². The minimum Gasteiger partial charge on any atom is -0.372 e. The summed E-state index contributed by atoms with van der Waals surface area (Å²) >= 11 is 0. The first kappa shape index (κ1) is 23.8. The van der Waals surface area contributed by atoms with Crippen molar-refractivity contribution in [3.05, 3.63) is 90.0 Å². The Morgan fingerprint density at radius 1 is 0.824 bits per heavy atom. The van der Waals surface area contributed by atoms with E-state index in [1.807, 2.05) is 6.07 Å². The molecule has 7 heteroatoms. The van der Waals surface area contributed by atoms with Crippen molar-refractivity contribution in [2.45, 2.75) is 30.7 Å². The van der Waals surface area contributed by atoms with Crippen LogP contribution in [0.4, 0.5) is 11.4 Å². The first-order valence-electron chi connectivity index (χ1n) is 11.6. The number of rotatable bonds is 7. The molecule has 1 amide bonds. The van der Waals surface area contributed by atoms with E-state index in [0.29, 0.717) is 17.8 Å². The standard InChI is InChI=1S/C27H31N3O3S/c1-28(21-22-11-15-25(16-12-22)30-19-7-4-8-20-30)27(31)23-13-17-26(18-14-23)34(32,33)29(2)24-9-5-3-6-10-24/h3,5-6,9-18H,4,7-8,19-21H2,1-2H3. The maximum Gasteiger partial charge on any atom is 0.264 e. The molecule has 3 aromatic rings. The molecule has 1 aliphatic heterocycles. The number of carbonyl (C=O) groups is 1. The summed E-state index contributed by atoms with van der Waals surface area (Å²) in [7, 11) is -0.432. The van der Waals surface area contributed by atoms with Gasteiger partial charge in [0.05, 0.1) is 10.6 Å². The number of carbonyl (C=O) groups excluding carboxylic acids is 1. The van der Waals surface area contributed by atoms with E-state index in [1.165, 1.54) is 48.4 Å². The maximum atomic E-state index is 13.0. The predicted octanol–water partition coefficient (Wildman–Crippen LogP) is 4.77. The third-order valence-electron chi connectivity index (χ3n) is 6.30. The third kappa shape index (κ3) is 5.25. The van der Waals surface area contributed by atoms with Crippen molar-refractivity contribution < 1.29 is 13.2 Å². The van der Waals surface area contributed by atoms with Crippen LogP contribution >= 0.6 is 0 Å². The van der Waals surface area contributed by atoms with Gasteiger partial charge in [-0.15, -0.1) is 0 Å². The summed E-state index contributed by atoms with van der Waals surface area (Å²) in [5, 5.41) is 0. The monoisotopic (exact) mass is 477 g/mol. The quantitative estimate of drug-likeness (QED) is 0.492. The second-order valence-electron chi connectivity index (χ2n) is 8.71. The molecule has 0 unspecified atom stereocenters. The van der Waals surface area contributed by atoms with Gasteiger partial charge in [-0.05, 0) is 73.4 Å². The van der Waals surface area contributed by atoms with E-state index in [1.54, 1.807) is 48.3 Å². The number of sulfonamides is 1. The lowest BCUT2D eigenvalue weighted by Crippen LogP contribution is -2.29. The number of piperidine rings is 1. The van der Waals surface area contributed by atoms with E-state index >= 15 is 0 Å². The fraction of sp³-hybridized carbons (Fsp3) is 0.296. The van der Waals surface area contributed by atoms with Crippen LogP contribution in [0.1, 0.15) is 35.2 Å². The highest BCUT2D eigenvalue weighted by molar-refractivity contribution is 7.92. The van der Waals surface area contributed by atoms with Gasteiger partial charge in [0.2, 0.25) is 0 Å². The van der Waals surface area contributed by atoms with E-state index in [9.17, 15) is 13.2 Å². The molecule has 1 heterocycles. The van der Waals surface area contributed by atoms with Crippen LogP contribution in [0.3, 0.4) is 0 Å². The van der Waals surface area contributed by atoms with E-state index < -0.39 is 10.0 Å². The predicted molar refractivity (Wildman–Crippen MR) is 137 cm³/mol. The number of anilines is 2. The van der Waals surface area contributed by atoms with Gasteiger partial charge >= 0.3 is 0 Å². The molecule has 0 bridgehead atoms. The Hall–Kier alpha value is -3.32. The van der Waals surface area contributed by atoms with Crippen LogP contribution in [0.5, 0.6) is 0 Å². The number of amides is 1. The van der Waals surface area contributed by atoms with Gasteiger partial charge in [0.15, 0.2) is 0 Å². The number of benzene rings is 3. The van der Waals surface area contributed by atoms with Crippen LogP contribution in [0.15, 0.2) is 83.8 Å². The normalized spacial score (nSPS) is 14.0. The number of hydrogen-bond acceptors (Lipinski definition) is 4. The van der Waals surface area contributed by atoms with Crippen LogP contribution < -0.4 is 9.21 Å². The Bertz CT molecular complexity index is 1200. The van der Waals surface area contributed by atoms with Crippen molar-refractivity contribution >= 4 is 27.3 Å². The minimum atomic E-state index is -3.71. The second-order valence-corrected chi connectivity index (χ2v) is 10.7. The molecule has 1 saturated heterocycles. The highest BCUT2D eigenvalue weighted by Gasteiger charge is 2.22. The van der Waals surface area contributed by atoms with E-state index in [4.69, 9.17) is 0 Å². The van der Waals surface area contributed by atoms with E-state index in [-0.39, 0.29) is 10.8 Å². The Labute approximate surface area is 202 Å². The lowest BCUT2D eigenvalue weighted by atomic mass is 10.1. The Morgan fingerprint density at radius 2 is 1.44 bits per heavy atom. The summed E-state index contributed by atoms with van der Waals surface area (Å²) in [6, 6.07) is 23.4. The molecule has 0 radical (unpaired) electrons. The van der Waals surface area contributed by atoms with Crippen LogP contribution in [0.2, 0.25) is 0 Å². The van der Waals surface area contributed by atoms with Gasteiger partial charge in [-0.3, -0.25) is 9.10 Å². The molecule has 0 atom stereocenters. The van der Waals surface area contributed by atoms with Gasteiger partial charge in [0.1, 0.15) is 0 Å². The average Bonchev–Trinajstić information content (AvgIpc) is 2.89. The van der Waals surface area contributed by atoms with Crippen LogP contribution in [-0.2, 0) is 16.6 Å². The molecule has 0 aliphatic carbocycles. The van der Waals surface area contributed by atoms with Gasteiger partial charge in [-0.25, -0.2) is 8.42 Å². The Morgan fingerprint density at radius 3 is 2.06 bits per heavy atom. The second kappa shape index (κ2) is 10.3. The molecule has 0 N–H and O–H groups in total. The van der Waals surface area contributed by atoms with Crippen molar-refractivity contribution in [2.75, 3.05) is 36.4 Å². The van der Waals surface area contributed by atoms with Crippen molar-refractivity contribution in [3.63, 3.8) is 0 Å². The topological polar surface area (TPSA) is 60.9 Å². The van der Waals surface area contributed by atoms with Crippen molar-refractivity contribution in [1.82, 2.24) is 4.90 Å². The number of hydrogen-bond donors (Lipinski definition) is 0. The highest BCUT2D eigenvalue weighted by Crippen LogP contribution is 2.23. The molecule has 178 valence electrons.